The minimum absolute atomic E-state index is 0.777. The third-order valence-electron chi connectivity index (χ3n) is 3.36. The SMILES string of the molecule is CCC(CC)CNCc1cc2ccccc2o1. The number of para-hydroxylation sites is 1. The van der Waals surface area contributed by atoms with E-state index in [2.05, 4.69) is 31.3 Å². The lowest BCUT2D eigenvalue weighted by Gasteiger charge is -2.12. The van der Waals surface area contributed by atoms with Crippen LogP contribution in [0.1, 0.15) is 32.4 Å². The second-order valence-corrected chi connectivity index (χ2v) is 4.56. The first-order valence-corrected chi connectivity index (χ1v) is 6.51. The summed E-state index contributed by atoms with van der Waals surface area (Å²) in [5.74, 6) is 1.80. The molecule has 0 amide bonds. The molecule has 0 atom stereocenters. The average molecular weight is 231 g/mol. The van der Waals surface area contributed by atoms with E-state index in [1.807, 2.05) is 18.2 Å². The highest BCUT2D eigenvalue weighted by Gasteiger charge is 2.05. The number of hydrogen-bond acceptors (Lipinski definition) is 2. The van der Waals surface area contributed by atoms with Gasteiger partial charge in [0.2, 0.25) is 0 Å². The minimum atomic E-state index is 0.777. The standard InChI is InChI=1S/C15H21NO/c1-3-12(4-2)10-16-11-14-9-13-7-5-6-8-15(13)17-14/h5-9,12,16H,3-4,10-11H2,1-2H3. The lowest BCUT2D eigenvalue weighted by atomic mass is 10.0. The van der Waals surface area contributed by atoms with E-state index in [0.29, 0.717) is 0 Å². The number of benzene rings is 1. The summed E-state index contributed by atoms with van der Waals surface area (Å²) in [6.07, 6.45) is 2.48. The van der Waals surface area contributed by atoms with Crippen LogP contribution >= 0.6 is 0 Å². The summed E-state index contributed by atoms with van der Waals surface area (Å²) in [6, 6.07) is 10.3. The number of hydrogen-bond donors (Lipinski definition) is 1. The molecule has 2 heteroatoms. The molecule has 0 saturated carbocycles. The average Bonchev–Trinajstić information content (AvgIpc) is 2.77. The van der Waals surface area contributed by atoms with Crippen LogP contribution in [0.5, 0.6) is 0 Å². The molecule has 1 heterocycles. The van der Waals surface area contributed by atoms with Crippen LogP contribution in [0.4, 0.5) is 0 Å². The van der Waals surface area contributed by atoms with Crippen LogP contribution in [0.2, 0.25) is 0 Å². The van der Waals surface area contributed by atoms with E-state index in [1.165, 1.54) is 18.2 Å². The third-order valence-corrected chi connectivity index (χ3v) is 3.36. The maximum Gasteiger partial charge on any atom is 0.134 e. The Kier molecular flexibility index (Phi) is 4.21. The van der Waals surface area contributed by atoms with Gasteiger partial charge in [-0.2, -0.15) is 0 Å². The molecule has 92 valence electrons. The van der Waals surface area contributed by atoms with Crippen molar-refractivity contribution in [3.8, 4) is 0 Å². The Balaban J connectivity index is 1.90. The maximum absolute atomic E-state index is 5.75. The van der Waals surface area contributed by atoms with Gasteiger partial charge in [-0.3, -0.25) is 0 Å². The molecule has 1 N–H and O–H groups in total. The third kappa shape index (κ3) is 3.10. The second-order valence-electron chi connectivity index (χ2n) is 4.56. The van der Waals surface area contributed by atoms with Crippen LogP contribution in [0, 0.1) is 5.92 Å². The Morgan fingerprint density at radius 1 is 1.18 bits per heavy atom. The summed E-state index contributed by atoms with van der Waals surface area (Å²) >= 11 is 0. The summed E-state index contributed by atoms with van der Waals surface area (Å²) in [7, 11) is 0. The fourth-order valence-electron chi connectivity index (χ4n) is 2.10. The van der Waals surface area contributed by atoms with Crippen molar-refractivity contribution in [1.29, 1.82) is 0 Å². The molecule has 2 aromatic rings. The van der Waals surface area contributed by atoms with Crippen LogP contribution in [0.15, 0.2) is 34.7 Å². The lowest BCUT2D eigenvalue weighted by molar-refractivity contribution is 0.429. The van der Waals surface area contributed by atoms with Crippen LogP contribution in [-0.2, 0) is 6.54 Å². The van der Waals surface area contributed by atoms with Crippen LogP contribution in [-0.4, -0.2) is 6.54 Å². The summed E-state index contributed by atoms with van der Waals surface area (Å²) in [5.41, 5.74) is 0.979. The minimum Gasteiger partial charge on any atom is -0.460 e. The molecule has 0 saturated heterocycles. The van der Waals surface area contributed by atoms with Gasteiger partial charge in [0.15, 0.2) is 0 Å². The predicted octanol–water partition coefficient (Wildman–Crippen LogP) is 3.96. The van der Waals surface area contributed by atoms with Crippen molar-refractivity contribution in [2.24, 2.45) is 5.92 Å². The molecule has 0 bridgehead atoms. The van der Waals surface area contributed by atoms with Gasteiger partial charge < -0.3 is 9.73 Å². The van der Waals surface area contributed by atoms with E-state index in [1.54, 1.807) is 0 Å². The topological polar surface area (TPSA) is 25.2 Å². The maximum atomic E-state index is 5.75. The number of fused-ring (bicyclic) bond motifs is 1. The summed E-state index contributed by atoms with van der Waals surface area (Å²) in [5, 5.41) is 4.66. The summed E-state index contributed by atoms with van der Waals surface area (Å²) in [6.45, 7) is 6.39. The first-order chi connectivity index (χ1) is 8.33. The van der Waals surface area contributed by atoms with Crippen molar-refractivity contribution in [2.45, 2.75) is 33.2 Å². The molecule has 0 radical (unpaired) electrons. The Morgan fingerprint density at radius 3 is 2.65 bits per heavy atom. The first-order valence-electron chi connectivity index (χ1n) is 6.51. The smallest absolute Gasteiger partial charge is 0.134 e. The number of nitrogens with one attached hydrogen (secondary N) is 1. The van der Waals surface area contributed by atoms with Gasteiger partial charge in [0.25, 0.3) is 0 Å². The number of rotatable bonds is 6. The Bertz CT molecular complexity index is 424. The summed E-state index contributed by atoms with van der Waals surface area (Å²) in [4.78, 5) is 0. The van der Waals surface area contributed by atoms with Gasteiger partial charge in [0.1, 0.15) is 11.3 Å². The molecule has 2 nitrogen and oxygen atoms in total. The number of furan rings is 1. The zero-order chi connectivity index (χ0) is 12.1. The van der Waals surface area contributed by atoms with Crippen molar-refractivity contribution in [1.82, 2.24) is 5.32 Å². The summed E-state index contributed by atoms with van der Waals surface area (Å²) < 4.78 is 5.75. The molecule has 0 fully saturated rings. The molecular weight excluding hydrogens is 210 g/mol. The zero-order valence-electron chi connectivity index (χ0n) is 10.7. The molecule has 0 aliphatic carbocycles. The van der Waals surface area contributed by atoms with Crippen LogP contribution in [0.3, 0.4) is 0 Å². The van der Waals surface area contributed by atoms with E-state index in [4.69, 9.17) is 4.42 Å². The van der Waals surface area contributed by atoms with Crippen molar-refractivity contribution < 1.29 is 4.42 Å². The van der Waals surface area contributed by atoms with Crippen molar-refractivity contribution in [2.75, 3.05) is 6.54 Å². The van der Waals surface area contributed by atoms with Crippen molar-refractivity contribution in [3.05, 3.63) is 36.1 Å². The highest BCUT2D eigenvalue weighted by atomic mass is 16.3. The Labute approximate surface area is 103 Å². The van der Waals surface area contributed by atoms with Crippen LogP contribution < -0.4 is 5.32 Å². The van der Waals surface area contributed by atoms with Crippen molar-refractivity contribution >= 4 is 11.0 Å². The van der Waals surface area contributed by atoms with Gasteiger partial charge in [0.05, 0.1) is 6.54 Å². The first kappa shape index (κ1) is 12.2. The Hall–Kier alpha value is -1.28. The molecule has 17 heavy (non-hydrogen) atoms. The largest absolute Gasteiger partial charge is 0.460 e. The van der Waals surface area contributed by atoms with Crippen molar-refractivity contribution in [3.63, 3.8) is 0 Å². The predicted molar refractivity (Wildman–Crippen MR) is 72.0 cm³/mol. The molecule has 0 spiro atoms. The molecule has 2 rings (SSSR count). The molecule has 0 aliphatic rings. The van der Waals surface area contributed by atoms with Gasteiger partial charge in [-0.1, -0.05) is 44.9 Å². The lowest BCUT2D eigenvalue weighted by Crippen LogP contribution is -2.21. The molecular formula is C15H21NO. The van der Waals surface area contributed by atoms with E-state index in [-0.39, 0.29) is 0 Å². The highest BCUT2D eigenvalue weighted by molar-refractivity contribution is 5.77. The van der Waals surface area contributed by atoms with Gasteiger partial charge in [0, 0.05) is 5.39 Å². The van der Waals surface area contributed by atoms with E-state index in [9.17, 15) is 0 Å². The van der Waals surface area contributed by atoms with Crippen LogP contribution in [0.25, 0.3) is 11.0 Å². The molecule has 0 aliphatic heterocycles. The second kappa shape index (κ2) is 5.87. The Morgan fingerprint density at radius 2 is 1.94 bits per heavy atom. The van der Waals surface area contributed by atoms with E-state index < -0.39 is 0 Å². The van der Waals surface area contributed by atoms with E-state index >= 15 is 0 Å². The normalized spacial score (nSPS) is 11.5. The zero-order valence-corrected chi connectivity index (χ0v) is 10.7. The molecule has 1 aromatic heterocycles. The highest BCUT2D eigenvalue weighted by Crippen LogP contribution is 2.18. The van der Waals surface area contributed by atoms with Gasteiger partial charge in [-0.05, 0) is 24.6 Å². The van der Waals surface area contributed by atoms with Gasteiger partial charge in [-0.15, -0.1) is 0 Å². The van der Waals surface area contributed by atoms with E-state index in [0.717, 1.165) is 30.4 Å². The molecule has 1 aromatic carbocycles. The monoisotopic (exact) mass is 231 g/mol. The fraction of sp³-hybridized carbons (Fsp3) is 0.467. The quantitative estimate of drug-likeness (QED) is 0.814. The molecule has 0 unspecified atom stereocenters. The van der Waals surface area contributed by atoms with Gasteiger partial charge in [-0.25, -0.2) is 0 Å². The van der Waals surface area contributed by atoms with Gasteiger partial charge >= 0.3 is 0 Å². The fourth-order valence-corrected chi connectivity index (χ4v) is 2.10.